The van der Waals surface area contributed by atoms with Gasteiger partial charge in [0.15, 0.2) is 0 Å². The minimum atomic E-state index is 0. The maximum absolute atomic E-state index is 2.32. The summed E-state index contributed by atoms with van der Waals surface area (Å²) in [6.07, 6.45) is 3.05. The van der Waals surface area contributed by atoms with Crippen molar-refractivity contribution in [1.29, 1.82) is 0 Å². The molecule has 1 aliphatic carbocycles. The first kappa shape index (κ1) is 8.72. The third-order valence-electron chi connectivity index (χ3n) is 1.15. The normalized spacial score (nSPS) is 19.9. The Morgan fingerprint density at radius 1 is 1.38 bits per heavy atom. The quantitative estimate of drug-likeness (QED) is 0.534. The lowest BCUT2D eigenvalue weighted by Gasteiger charge is -1.98. The Bertz CT molecular complexity index is 59.5. The predicted octanol–water partition coefficient (Wildman–Crippen LogP) is 2.66. The standard InChI is InChI=1S/C6H13P.ClH/c1-5(2)7-6-3-4-6;/h5-7H,3-4H2,1-2H3;1H. The van der Waals surface area contributed by atoms with E-state index in [2.05, 4.69) is 13.8 Å². The maximum atomic E-state index is 2.32. The van der Waals surface area contributed by atoms with Crippen LogP contribution in [-0.2, 0) is 0 Å². The number of hydrogen-bond acceptors (Lipinski definition) is 0. The molecular formula is C6H14ClP. The lowest BCUT2D eigenvalue weighted by atomic mass is 10.6. The molecule has 0 N–H and O–H groups in total. The molecule has 0 bridgehead atoms. The summed E-state index contributed by atoms with van der Waals surface area (Å²) in [5.74, 6) is 0. The Kier molecular flexibility index (Phi) is 4.02. The van der Waals surface area contributed by atoms with Gasteiger partial charge in [-0.05, 0) is 24.2 Å². The van der Waals surface area contributed by atoms with Gasteiger partial charge in [0.2, 0.25) is 0 Å². The highest BCUT2D eigenvalue weighted by molar-refractivity contribution is 7.40. The van der Waals surface area contributed by atoms with Crippen molar-refractivity contribution in [3.05, 3.63) is 0 Å². The van der Waals surface area contributed by atoms with E-state index in [0.29, 0.717) is 0 Å². The van der Waals surface area contributed by atoms with Gasteiger partial charge in [0.1, 0.15) is 0 Å². The highest BCUT2D eigenvalue weighted by atomic mass is 35.5. The number of halogens is 1. The molecule has 0 nitrogen and oxygen atoms in total. The zero-order valence-corrected chi connectivity index (χ0v) is 7.29. The third kappa shape index (κ3) is 3.69. The van der Waals surface area contributed by atoms with Crippen molar-refractivity contribution < 1.29 is 0 Å². The van der Waals surface area contributed by atoms with Gasteiger partial charge in [0, 0.05) is 0 Å². The molecule has 1 aliphatic rings. The molecule has 1 atom stereocenters. The van der Waals surface area contributed by atoms with Crippen molar-refractivity contribution in [3.63, 3.8) is 0 Å². The topological polar surface area (TPSA) is 0 Å². The second-order valence-corrected chi connectivity index (χ2v) is 4.90. The van der Waals surface area contributed by atoms with Crippen LogP contribution in [-0.4, -0.2) is 11.3 Å². The molecule has 8 heavy (non-hydrogen) atoms. The first-order valence-corrected chi connectivity index (χ1v) is 4.20. The Morgan fingerprint density at radius 3 is 2.00 bits per heavy atom. The van der Waals surface area contributed by atoms with Crippen molar-refractivity contribution in [2.75, 3.05) is 0 Å². The van der Waals surface area contributed by atoms with Crippen molar-refractivity contribution >= 4 is 21.0 Å². The Morgan fingerprint density at radius 2 is 1.88 bits per heavy atom. The average molecular weight is 153 g/mol. The summed E-state index contributed by atoms with van der Waals surface area (Å²) in [5.41, 5.74) is 2.12. The molecule has 0 radical (unpaired) electrons. The Labute approximate surface area is 59.6 Å². The van der Waals surface area contributed by atoms with E-state index in [1.54, 1.807) is 0 Å². The summed E-state index contributed by atoms with van der Waals surface area (Å²) in [6.45, 7) is 4.63. The minimum absolute atomic E-state index is 0. The summed E-state index contributed by atoms with van der Waals surface area (Å²) in [4.78, 5) is 0. The average Bonchev–Trinajstić information content (AvgIpc) is 2.17. The van der Waals surface area contributed by atoms with E-state index < -0.39 is 0 Å². The second-order valence-electron chi connectivity index (χ2n) is 2.60. The molecule has 1 rings (SSSR count). The molecule has 0 spiro atoms. The number of rotatable bonds is 2. The van der Waals surface area contributed by atoms with Crippen LogP contribution >= 0.6 is 21.0 Å². The first-order chi connectivity index (χ1) is 3.29. The van der Waals surface area contributed by atoms with E-state index in [1.165, 1.54) is 21.4 Å². The van der Waals surface area contributed by atoms with E-state index >= 15 is 0 Å². The van der Waals surface area contributed by atoms with E-state index in [1.807, 2.05) is 0 Å². The van der Waals surface area contributed by atoms with Gasteiger partial charge in [-0.25, -0.2) is 0 Å². The molecule has 0 aliphatic heterocycles. The van der Waals surface area contributed by atoms with Crippen LogP contribution in [0.5, 0.6) is 0 Å². The van der Waals surface area contributed by atoms with Crippen LogP contribution in [0.4, 0.5) is 0 Å². The van der Waals surface area contributed by atoms with Crippen molar-refractivity contribution in [2.24, 2.45) is 0 Å². The molecule has 2 heteroatoms. The third-order valence-corrected chi connectivity index (χ3v) is 2.86. The lowest BCUT2D eigenvalue weighted by molar-refractivity contribution is 1.09. The molecule has 0 saturated heterocycles. The van der Waals surface area contributed by atoms with Gasteiger partial charge in [-0.3, -0.25) is 0 Å². The maximum Gasteiger partial charge on any atom is -0.0234 e. The second kappa shape index (κ2) is 3.69. The zero-order valence-electron chi connectivity index (χ0n) is 5.48. The van der Waals surface area contributed by atoms with Gasteiger partial charge in [-0.1, -0.05) is 13.8 Å². The Hall–Kier alpha value is 0.720. The van der Waals surface area contributed by atoms with Crippen LogP contribution in [0.25, 0.3) is 0 Å². The summed E-state index contributed by atoms with van der Waals surface area (Å²) in [5, 5.41) is 0. The summed E-state index contributed by atoms with van der Waals surface area (Å²) in [7, 11) is 1.26. The molecule has 1 fully saturated rings. The molecule has 0 heterocycles. The van der Waals surface area contributed by atoms with Gasteiger partial charge >= 0.3 is 0 Å². The molecule has 1 unspecified atom stereocenters. The Balaban J connectivity index is 0.000000490. The van der Waals surface area contributed by atoms with E-state index in [9.17, 15) is 0 Å². The molecular weight excluding hydrogens is 138 g/mol. The molecule has 0 aromatic heterocycles. The molecule has 0 aromatic carbocycles. The van der Waals surface area contributed by atoms with E-state index in [-0.39, 0.29) is 12.4 Å². The van der Waals surface area contributed by atoms with Crippen LogP contribution in [0.15, 0.2) is 0 Å². The van der Waals surface area contributed by atoms with Crippen LogP contribution in [0.2, 0.25) is 0 Å². The fourth-order valence-electron chi connectivity index (χ4n) is 0.721. The van der Waals surface area contributed by atoms with Crippen molar-refractivity contribution in [1.82, 2.24) is 0 Å². The number of hydrogen-bond donors (Lipinski definition) is 0. The molecule has 50 valence electrons. The smallest absolute Gasteiger partial charge is 0.0234 e. The highest BCUT2D eigenvalue weighted by Gasteiger charge is 2.21. The fraction of sp³-hybridized carbons (Fsp3) is 1.00. The van der Waals surface area contributed by atoms with Gasteiger partial charge in [0.05, 0.1) is 0 Å². The van der Waals surface area contributed by atoms with Crippen LogP contribution in [0, 0.1) is 0 Å². The summed E-state index contributed by atoms with van der Waals surface area (Å²) in [6, 6.07) is 0. The van der Waals surface area contributed by atoms with Crippen LogP contribution in [0.3, 0.4) is 0 Å². The highest BCUT2D eigenvalue weighted by Crippen LogP contribution is 2.41. The lowest BCUT2D eigenvalue weighted by Crippen LogP contribution is -1.83. The molecule has 0 aromatic rings. The minimum Gasteiger partial charge on any atom is -0.147 e. The largest absolute Gasteiger partial charge is 0.147 e. The monoisotopic (exact) mass is 152 g/mol. The predicted molar refractivity (Wildman–Crippen MR) is 43.7 cm³/mol. The van der Waals surface area contributed by atoms with Crippen LogP contribution < -0.4 is 0 Å². The van der Waals surface area contributed by atoms with Gasteiger partial charge in [0.25, 0.3) is 0 Å². The fourth-order valence-corrected chi connectivity index (χ4v) is 2.16. The summed E-state index contributed by atoms with van der Waals surface area (Å²) < 4.78 is 0. The zero-order chi connectivity index (χ0) is 5.28. The van der Waals surface area contributed by atoms with Gasteiger partial charge in [-0.2, -0.15) is 0 Å². The molecule has 1 saturated carbocycles. The molecule has 0 amide bonds. The SMILES string of the molecule is CC(C)PC1CC1.Cl. The summed E-state index contributed by atoms with van der Waals surface area (Å²) >= 11 is 0. The van der Waals surface area contributed by atoms with Crippen molar-refractivity contribution in [2.45, 2.75) is 38.0 Å². The van der Waals surface area contributed by atoms with Gasteiger partial charge in [-0.15, -0.1) is 21.0 Å². The van der Waals surface area contributed by atoms with E-state index in [4.69, 9.17) is 0 Å². The van der Waals surface area contributed by atoms with E-state index in [0.717, 1.165) is 11.3 Å². The van der Waals surface area contributed by atoms with Gasteiger partial charge < -0.3 is 0 Å². The van der Waals surface area contributed by atoms with Crippen LogP contribution in [0.1, 0.15) is 26.7 Å². The van der Waals surface area contributed by atoms with Crippen molar-refractivity contribution in [3.8, 4) is 0 Å². The first-order valence-electron chi connectivity index (χ1n) is 3.05.